The van der Waals surface area contributed by atoms with Crippen molar-refractivity contribution in [3.8, 4) is 5.19 Å². The van der Waals surface area contributed by atoms with Crippen molar-refractivity contribution < 1.29 is 4.74 Å². The van der Waals surface area contributed by atoms with Crippen LogP contribution in [0.4, 0.5) is 0 Å². The van der Waals surface area contributed by atoms with Crippen molar-refractivity contribution in [1.82, 2.24) is 15.5 Å². The molecule has 1 rings (SSSR count). The molecule has 0 aromatic carbocycles. The van der Waals surface area contributed by atoms with Crippen molar-refractivity contribution >= 4 is 11.3 Å². The Labute approximate surface area is 127 Å². The van der Waals surface area contributed by atoms with Crippen LogP contribution in [0.25, 0.3) is 0 Å². The molecule has 0 amide bonds. The molecule has 0 bridgehead atoms. The van der Waals surface area contributed by atoms with E-state index in [1.165, 1.54) is 25.7 Å². The molecule has 0 saturated heterocycles. The molecule has 4 nitrogen and oxygen atoms in total. The van der Waals surface area contributed by atoms with Crippen LogP contribution in [0.15, 0.2) is 0 Å². The smallest absolute Gasteiger partial charge is 0.294 e. The summed E-state index contributed by atoms with van der Waals surface area (Å²) in [5, 5.41) is 13.3. The van der Waals surface area contributed by atoms with Gasteiger partial charge in [0.1, 0.15) is 5.01 Å². The van der Waals surface area contributed by atoms with E-state index in [1.54, 1.807) is 11.3 Å². The first-order valence-electron chi connectivity index (χ1n) is 7.81. The molecule has 116 valence electrons. The second-order valence-electron chi connectivity index (χ2n) is 5.76. The van der Waals surface area contributed by atoms with Gasteiger partial charge in [0.15, 0.2) is 0 Å². The summed E-state index contributed by atoms with van der Waals surface area (Å²) < 4.78 is 5.82. The molecule has 1 unspecified atom stereocenters. The minimum absolute atomic E-state index is 0.233. The summed E-state index contributed by atoms with van der Waals surface area (Å²) in [5.74, 6) is 0.654. The molecule has 0 spiro atoms. The van der Waals surface area contributed by atoms with Gasteiger partial charge in [0.25, 0.3) is 5.19 Å². The summed E-state index contributed by atoms with van der Waals surface area (Å²) in [6.07, 6.45) is 6.45. The van der Waals surface area contributed by atoms with Gasteiger partial charge in [-0.2, -0.15) is 0 Å². The minimum atomic E-state index is 0.233. The van der Waals surface area contributed by atoms with Crippen molar-refractivity contribution in [3.05, 3.63) is 5.01 Å². The molecule has 5 heteroatoms. The summed E-state index contributed by atoms with van der Waals surface area (Å²) in [7, 11) is 0. The lowest BCUT2D eigenvalue weighted by Gasteiger charge is -2.11. The van der Waals surface area contributed by atoms with Crippen LogP contribution in [-0.2, 0) is 6.54 Å². The number of rotatable bonds is 11. The number of hydrogen-bond donors (Lipinski definition) is 1. The monoisotopic (exact) mass is 299 g/mol. The van der Waals surface area contributed by atoms with Gasteiger partial charge in [-0.1, -0.05) is 56.5 Å². The second kappa shape index (κ2) is 10.1. The van der Waals surface area contributed by atoms with E-state index in [0.717, 1.165) is 24.5 Å². The van der Waals surface area contributed by atoms with E-state index in [4.69, 9.17) is 4.74 Å². The molecule has 1 aromatic heterocycles. The number of ether oxygens (including phenoxy) is 1. The maximum Gasteiger partial charge on any atom is 0.294 e. The highest BCUT2D eigenvalue weighted by atomic mass is 32.1. The van der Waals surface area contributed by atoms with Crippen LogP contribution in [0.3, 0.4) is 0 Å². The number of unbranched alkanes of at least 4 members (excludes halogenated alkanes) is 3. The molecular weight excluding hydrogens is 270 g/mol. The molecular formula is C15H29N3OS. The lowest BCUT2D eigenvalue weighted by atomic mass is 10.1. The van der Waals surface area contributed by atoms with Crippen LogP contribution < -0.4 is 10.1 Å². The quantitative estimate of drug-likeness (QED) is 0.627. The predicted octanol–water partition coefficient (Wildman–Crippen LogP) is 4.02. The Balaban J connectivity index is 2.21. The highest BCUT2D eigenvalue weighted by molar-refractivity contribution is 7.13. The highest BCUT2D eigenvalue weighted by Gasteiger charge is 2.09. The zero-order chi connectivity index (χ0) is 14.8. The molecule has 0 fully saturated rings. The predicted molar refractivity (Wildman–Crippen MR) is 85.3 cm³/mol. The third-order valence-corrected chi connectivity index (χ3v) is 3.86. The van der Waals surface area contributed by atoms with Crippen molar-refractivity contribution in [2.75, 3.05) is 6.54 Å². The van der Waals surface area contributed by atoms with Crippen molar-refractivity contribution in [1.29, 1.82) is 0 Å². The first-order valence-corrected chi connectivity index (χ1v) is 8.63. The van der Waals surface area contributed by atoms with Crippen LogP contribution in [0.1, 0.15) is 64.8 Å². The van der Waals surface area contributed by atoms with Gasteiger partial charge >= 0.3 is 0 Å². The number of aromatic nitrogens is 2. The highest BCUT2D eigenvalue weighted by Crippen LogP contribution is 2.20. The molecule has 0 aliphatic carbocycles. The number of hydrogen-bond acceptors (Lipinski definition) is 5. The average Bonchev–Trinajstić information content (AvgIpc) is 2.82. The van der Waals surface area contributed by atoms with Gasteiger partial charge in [-0.05, 0) is 32.2 Å². The molecule has 0 radical (unpaired) electrons. The van der Waals surface area contributed by atoms with E-state index < -0.39 is 0 Å². The van der Waals surface area contributed by atoms with Crippen molar-refractivity contribution in [3.63, 3.8) is 0 Å². The molecule has 1 aromatic rings. The van der Waals surface area contributed by atoms with Crippen LogP contribution in [0.5, 0.6) is 5.19 Å². The lowest BCUT2D eigenvalue weighted by molar-refractivity contribution is 0.204. The maximum absolute atomic E-state index is 5.82. The van der Waals surface area contributed by atoms with Crippen LogP contribution in [-0.4, -0.2) is 22.8 Å². The van der Waals surface area contributed by atoms with Crippen LogP contribution in [0.2, 0.25) is 0 Å². The summed E-state index contributed by atoms with van der Waals surface area (Å²) in [6, 6.07) is 0. The van der Waals surface area contributed by atoms with Gasteiger partial charge in [-0.15, -0.1) is 5.10 Å². The largest absolute Gasteiger partial charge is 0.466 e. The fourth-order valence-corrected chi connectivity index (χ4v) is 2.67. The van der Waals surface area contributed by atoms with Gasteiger partial charge in [0.2, 0.25) is 0 Å². The van der Waals surface area contributed by atoms with Gasteiger partial charge in [0.05, 0.1) is 6.10 Å². The van der Waals surface area contributed by atoms with Crippen LogP contribution in [0, 0.1) is 5.92 Å². The zero-order valence-electron chi connectivity index (χ0n) is 13.3. The molecule has 1 atom stereocenters. The number of nitrogens with one attached hydrogen (secondary N) is 1. The number of nitrogens with zero attached hydrogens (tertiary/aromatic N) is 2. The first-order chi connectivity index (χ1) is 9.61. The van der Waals surface area contributed by atoms with Gasteiger partial charge in [0, 0.05) is 6.54 Å². The van der Waals surface area contributed by atoms with Crippen molar-refractivity contribution in [2.24, 2.45) is 5.92 Å². The average molecular weight is 299 g/mol. The molecule has 0 saturated carbocycles. The van der Waals surface area contributed by atoms with Gasteiger partial charge in [-0.25, -0.2) is 0 Å². The van der Waals surface area contributed by atoms with E-state index in [9.17, 15) is 0 Å². The summed E-state index contributed by atoms with van der Waals surface area (Å²) in [4.78, 5) is 0. The Morgan fingerprint density at radius 3 is 2.65 bits per heavy atom. The Morgan fingerprint density at radius 2 is 1.95 bits per heavy atom. The van der Waals surface area contributed by atoms with E-state index in [1.807, 2.05) is 0 Å². The molecule has 0 aliphatic rings. The van der Waals surface area contributed by atoms with Crippen molar-refractivity contribution in [2.45, 2.75) is 72.4 Å². The summed E-state index contributed by atoms with van der Waals surface area (Å²) >= 11 is 1.55. The fraction of sp³-hybridized carbons (Fsp3) is 0.867. The topological polar surface area (TPSA) is 47.0 Å². The molecule has 1 heterocycles. The van der Waals surface area contributed by atoms with Gasteiger partial charge in [-0.3, -0.25) is 0 Å². The SMILES string of the molecule is CCCCCCC(C)Oc1nnc(CNCC(C)C)s1. The molecule has 1 N–H and O–H groups in total. The summed E-state index contributed by atoms with van der Waals surface area (Å²) in [6.45, 7) is 10.5. The minimum Gasteiger partial charge on any atom is -0.466 e. The third-order valence-electron chi connectivity index (χ3n) is 3.04. The molecule has 20 heavy (non-hydrogen) atoms. The Hall–Kier alpha value is -0.680. The first kappa shape index (κ1) is 17.4. The second-order valence-corrected chi connectivity index (χ2v) is 6.79. The van der Waals surface area contributed by atoms with E-state index in [-0.39, 0.29) is 6.10 Å². The maximum atomic E-state index is 5.82. The Bertz CT molecular complexity index is 355. The third kappa shape index (κ3) is 7.80. The van der Waals surface area contributed by atoms with E-state index >= 15 is 0 Å². The Morgan fingerprint density at radius 1 is 1.15 bits per heavy atom. The molecule has 0 aliphatic heterocycles. The van der Waals surface area contributed by atoms with Gasteiger partial charge < -0.3 is 10.1 Å². The standard InChI is InChI=1S/C15H29N3OS/c1-5-6-7-8-9-13(4)19-15-18-17-14(20-15)11-16-10-12(2)3/h12-13,16H,5-11H2,1-4H3. The zero-order valence-corrected chi connectivity index (χ0v) is 14.1. The van der Waals surface area contributed by atoms with E-state index in [0.29, 0.717) is 11.1 Å². The normalized spacial score (nSPS) is 12.8. The lowest BCUT2D eigenvalue weighted by Crippen LogP contribution is -2.18. The Kier molecular flexibility index (Phi) is 8.78. The van der Waals surface area contributed by atoms with E-state index in [2.05, 4.69) is 43.2 Å². The van der Waals surface area contributed by atoms with Crippen LogP contribution >= 0.6 is 11.3 Å². The fourth-order valence-electron chi connectivity index (χ4n) is 1.91. The summed E-state index contributed by atoms with van der Waals surface area (Å²) in [5.41, 5.74) is 0.